The van der Waals surface area contributed by atoms with Gasteiger partial charge < -0.3 is 26.6 Å². The van der Waals surface area contributed by atoms with E-state index in [9.17, 15) is 19.5 Å². The number of aliphatic hydroxyl groups is 1. The van der Waals surface area contributed by atoms with E-state index in [0.29, 0.717) is 6.42 Å². The van der Waals surface area contributed by atoms with Crippen LogP contribution in [0.4, 0.5) is 0 Å². The second-order valence-electron chi connectivity index (χ2n) is 4.68. The zero-order valence-electron chi connectivity index (χ0n) is 12.3. The fraction of sp³-hybridized carbons (Fsp3) is 0.750. The fourth-order valence-electron chi connectivity index (χ4n) is 1.43. The van der Waals surface area contributed by atoms with E-state index in [1.165, 1.54) is 13.8 Å². The minimum atomic E-state index is -1.43. The number of carboxylic acid groups (broad SMARTS) is 1. The number of amides is 2. The summed E-state index contributed by atoms with van der Waals surface area (Å²) >= 11 is 1.56. The first-order chi connectivity index (χ1) is 9.70. The number of carboxylic acids is 1. The Bertz CT molecular complexity index is 378. The Labute approximate surface area is 127 Å². The Morgan fingerprint density at radius 2 is 1.76 bits per heavy atom. The minimum Gasteiger partial charge on any atom is -0.480 e. The average Bonchev–Trinajstić information content (AvgIpc) is 2.40. The van der Waals surface area contributed by atoms with Crippen molar-refractivity contribution >= 4 is 29.5 Å². The highest BCUT2D eigenvalue weighted by Crippen LogP contribution is 2.00. The number of carbonyl (C=O) groups is 3. The van der Waals surface area contributed by atoms with Crippen molar-refractivity contribution in [3.63, 3.8) is 0 Å². The molecule has 0 unspecified atom stereocenters. The zero-order valence-corrected chi connectivity index (χ0v) is 13.1. The van der Waals surface area contributed by atoms with Gasteiger partial charge in [-0.25, -0.2) is 4.79 Å². The molecule has 0 aliphatic heterocycles. The van der Waals surface area contributed by atoms with Crippen molar-refractivity contribution in [2.45, 2.75) is 44.5 Å². The Kier molecular flexibility index (Phi) is 8.98. The van der Waals surface area contributed by atoms with Gasteiger partial charge in [0, 0.05) is 0 Å². The molecule has 0 radical (unpaired) electrons. The maximum absolute atomic E-state index is 11.8. The molecule has 0 saturated carbocycles. The molecule has 0 aliphatic carbocycles. The first kappa shape index (κ1) is 19.7. The minimum absolute atomic E-state index is 0.476. The van der Waals surface area contributed by atoms with Crippen molar-refractivity contribution in [3.8, 4) is 0 Å². The quantitative estimate of drug-likeness (QED) is 0.349. The van der Waals surface area contributed by atoms with E-state index in [4.69, 9.17) is 10.8 Å². The van der Waals surface area contributed by atoms with Crippen LogP contribution in [0.5, 0.6) is 0 Å². The van der Waals surface area contributed by atoms with Crippen LogP contribution in [0.25, 0.3) is 0 Å². The molecule has 8 nitrogen and oxygen atoms in total. The lowest BCUT2D eigenvalue weighted by atomic mass is 10.1. The van der Waals surface area contributed by atoms with Gasteiger partial charge in [-0.15, -0.1) is 0 Å². The third kappa shape index (κ3) is 7.30. The van der Waals surface area contributed by atoms with Gasteiger partial charge in [-0.3, -0.25) is 9.59 Å². The zero-order chi connectivity index (χ0) is 16.6. The maximum Gasteiger partial charge on any atom is 0.328 e. The van der Waals surface area contributed by atoms with Gasteiger partial charge in [0.1, 0.15) is 6.04 Å². The van der Waals surface area contributed by atoms with Crippen molar-refractivity contribution in [2.24, 2.45) is 5.73 Å². The predicted molar refractivity (Wildman–Crippen MR) is 79.8 cm³/mol. The van der Waals surface area contributed by atoms with E-state index in [-0.39, 0.29) is 0 Å². The van der Waals surface area contributed by atoms with Crippen molar-refractivity contribution in [3.05, 3.63) is 0 Å². The summed E-state index contributed by atoms with van der Waals surface area (Å²) in [4.78, 5) is 34.4. The summed E-state index contributed by atoms with van der Waals surface area (Å²) in [5, 5.41) is 22.7. The SMILES string of the molecule is CSCC[C@H](N)C(=O)N[C@@H](C)C(=O)N[C@H](C(=O)O)[C@@H](C)O. The van der Waals surface area contributed by atoms with Crippen LogP contribution in [0.1, 0.15) is 20.3 Å². The molecule has 21 heavy (non-hydrogen) atoms. The Morgan fingerprint density at radius 3 is 2.19 bits per heavy atom. The lowest BCUT2D eigenvalue weighted by molar-refractivity contribution is -0.145. The number of rotatable bonds is 9. The molecule has 0 aromatic carbocycles. The van der Waals surface area contributed by atoms with Gasteiger partial charge in [-0.05, 0) is 32.3 Å². The molecule has 0 saturated heterocycles. The number of nitrogens with two attached hydrogens (primary N) is 1. The van der Waals surface area contributed by atoms with Crippen LogP contribution in [-0.4, -0.2) is 64.2 Å². The Morgan fingerprint density at radius 1 is 1.19 bits per heavy atom. The van der Waals surface area contributed by atoms with Crippen molar-refractivity contribution in [1.29, 1.82) is 0 Å². The summed E-state index contributed by atoms with van der Waals surface area (Å²) in [5.74, 6) is -1.81. The fourth-order valence-corrected chi connectivity index (χ4v) is 1.92. The predicted octanol–water partition coefficient (Wildman–Crippen LogP) is -1.48. The third-order valence-electron chi connectivity index (χ3n) is 2.77. The summed E-state index contributed by atoms with van der Waals surface area (Å²) in [6.45, 7) is 2.66. The molecule has 122 valence electrons. The Balaban J connectivity index is 4.44. The number of aliphatic hydroxyl groups excluding tert-OH is 1. The second-order valence-corrected chi connectivity index (χ2v) is 5.67. The molecule has 0 aromatic rings. The molecule has 9 heteroatoms. The van der Waals surface area contributed by atoms with Gasteiger partial charge >= 0.3 is 5.97 Å². The summed E-state index contributed by atoms with van der Waals surface area (Å²) < 4.78 is 0. The number of hydrogen-bond donors (Lipinski definition) is 5. The average molecular weight is 321 g/mol. The molecule has 0 bridgehead atoms. The monoisotopic (exact) mass is 321 g/mol. The van der Waals surface area contributed by atoms with Gasteiger partial charge in [0.2, 0.25) is 11.8 Å². The number of nitrogens with one attached hydrogen (secondary N) is 2. The van der Waals surface area contributed by atoms with E-state index in [0.717, 1.165) is 5.75 Å². The first-order valence-electron chi connectivity index (χ1n) is 6.46. The summed E-state index contributed by atoms with van der Waals surface area (Å²) in [7, 11) is 0. The molecule has 2 amide bonds. The van der Waals surface area contributed by atoms with Crippen LogP contribution >= 0.6 is 11.8 Å². The molecule has 6 N–H and O–H groups in total. The smallest absolute Gasteiger partial charge is 0.328 e. The number of thioether (sulfide) groups is 1. The summed E-state index contributed by atoms with van der Waals surface area (Å²) in [6, 6.07) is -3.10. The molecule has 0 aliphatic rings. The van der Waals surface area contributed by atoms with E-state index in [2.05, 4.69) is 10.6 Å². The van der Waals surface area contributed by atoms with Crippen molar-refractivity contribution in [2.75, 3.05) is 12.0 Å². The van der Waals surface area contributed by atoms with Crippen LogP contribution in [-0.2, 0) is 14.4 Å². The standard InChI is InChI=1S/C12H23N3O5S/c1-6(14-11(18)8(13)4-5-21-3)10(17)15-9(7(2)16)12(19)20/h6-9,16H,4-5,13H2,1-3H3,(H,14,18)(H,15,17)(H,19,20)/t6-,7+,8-,9-/m0/s1. The van der Waals surface area contributed by atoms with Gasteiger partial charge in [-0.1, -0.05) is 0 Å². The summed E-state index contributed by atoms with van der Waals surface area (Å²) in [6.07, 6.45) is 1.12. The molecular formula is C12H23N3O5S. The van der Waals surface area contributed by atoms with Gasteiger partial charge in [0.25, 0.3) is 0 Å². The van der Waals surface area contributed by atoms with Crippen LogP contribution in [0, 0.1) is 0 Å². The molecular weight excluding hydrogens is 298 g/mol. The molecule has 4 atom stereocenters. The molecule has 0 spiro atoms. The van der Waals surface area contributed by atoms with E-state index in [1.54, 1.807) is 11.8 Å². The third-order valence-corrected chi connectivity index (χ3v) is 3.41. The largest absolute Gasteiger partial charge is 0.480 e. The van der Waals surface area contributed by atoms with Gasteiger partial charge in [0.15, 0.2) is 6.04 Å². The molecule has 0 aromatic heterocycles. The van der Waals surface area contributed by atoms with Crippen molar-refractivity contribution < 1.29 is 24.6 Å². The highest BCUT2D eigenvalue weighted by Gasteiger charge is 2.28. The van der Waals surface area contributed by atoms with Gasteiger partial charge in [0.05, 0.1) is 12.1 Å². The molecule has 0 rings (SSSR count). The second kappa shape index (κ2) is 9.59. The number of aliphatic carboxylic acids is 1. The lowest BCUT2D eigenvalue weighted by Gasteiger charge is -2.21. The van der Waals surface area contributed by atoms with E-state index in [1.807, 2.05) is 6.26 Å². The van der Waals surface area contributed by atoms with E-state index < -0.39 is 42.0 Å². The number of carbonyl (C=O) groups excluding carboxylic acids is 2. The highest BCUT2D eigenvalue weighted by atomic mass is 32.2. The van der Waals surface area contributed by atoms with Crippen LogP contribution in [0.3, 0.4) is 0 Å². The van der Waals surface area contributed by atoms with Crippen LogP contribution < -0.4 is 16.4 Å². The van der Waals surface area contributed by atoms with Crippen LogP contribution in [0.2, 0.25) is 0 Å². The van der Waals surface area contributed by atoms with Crippen molar-refractivity contribution in [1.82, 2.24) is 10.6 Å². The molecule has 0 heterocycles. The summed E-state index contributed by atoms with van der Waals surface area (Å²) in [5.41, 5.74) is 5.66. The molecule has 0 fully saturated rings. The lowest BCUT2D eigenvalue weighted by Crippen LogP contribution is -2.55. The first-order valence-corrected chi connectivity index (χ1v) is 7.86. The van der Waals surface area contributed by atoms with Gasteiger partial charge in [-0.2, -0.15) is 11.8 Å². The van der Waals surface area contributed by atoms with E-state index >= 15 is 0 Å². The Hall–Kier alpha value is -1.32. The topological polar surface area (TPSA) is 142 Å². The highest BCUT2D eigenvalue weighted by molar-refractivity contribution is 7.98. The number of hydrogen-bond acceptors (Lipinski definition) is 6. The normalized spacial score (nSPS) is 16.4. The maximum atomic E-state index is 11.8. The van der Waals surface area contributed by atoms with Crippen LogP contribution in [0.15, 0.2) is 0 Å².